The molecule has 4 nitrogen and oxygen atoms in total. The van der Waals surface area contributed by atoms with Crippen molar-refractivity contribution in [1.29, 1.82) is 0 Å². The molecule has 2 rings (SSSR count). The molecule has 0 amide bonds. The predicted octanol–water partition coefficient (Wildman–Crippen LogP) is 4.91. The Labute approximate surface area is 168 Å². The number of hydrogen-bond donors (Lipinski definition) is 2. The third-order valence-electron chi connectivity index (χ3n) is 4.12. The average molecular weight is 411 g/mol. The Balaban J connectivity index is 1.80. The van der Waals surface area contributed by atoms with Gasteiger partial charge in [-0.25, -0.2) is 0 Å². The second-order valence-corrected chi connectivity index (χ2v) is 6.57. The van der Waals surface area contributed by atoms with Crippen LogP contribution in [0.3, 0.4) is 0 Å². The van der Waals surface area contributed by atoms with Crippen LogP contribution < -0.4 is 15.4 Å². The maximum absolute atomic E-state index is 12.2. The summed E-state index contributed by atoms with van der Waals surface area (Å²) in [5.41, 5.74) is 2.91. The molecule has 0 fully saturated rings. The molecule has 0 atom stereocenters. The van der Waals surface area contributed by atoms with E-state index in [-0.39, 0.29) is 5.75 Å². The standard InChI is InChI=1S/C20H24F3N3OS/c1-3-26(4-2)14-16-7-5-15(6-8-16)13-24-19(28)25-17-9-11-18(12-10-17)27-20(21,22)23/h5-12H,3-4,13-14H2,1-2H3,(H2,24,25,28). The van der Waals surface area contributed by atoms with Gasteiger partial charge in [0.1, 0.15) is 5.75 Å². The lowest BCUT2D eigenvalue weighted by molar-refractivity contribution is -0.274. The van der Waals surface area contributed by atoms with E-state index in [1.807, 2.05) is 0 Å². The van der Waals surface area contributed by atoms with Gasteiger partial charge in [0.05, 0.1) is 0 Å². The summed E-state index contributed by atoms with van der Waals surface area (Å²) in [7, 11) is 0. The van der Waals surface area contributed by atoms with Crippen molar-refractivity contribution in [3.05, 3.63) is 59.7 Å². The van der Waals surface area contributed by atoms with Crippen molar-refractivity contribution in [2.45, 2.75) is 33.3 Å². The predicted molar refractivity (Wildman–Crippen MR) is 109 cm³/mol. The van der Waals surface area contributed by atoms with E-state index in [1.165, 1.54) is 29.8 Å². The van der Waals surface area contributed by atoms with Gasteiger partial charge in [0.15, 0.2) is 5.11 Å². The Morgan fingerprint density at radius 3 is 2.07 bits per heavy atom. The zero-order valence-corrected chi connectivity index (χ0v) is 16.7. The molecule has 0 bridgehead atoms. The van der Waals surface area contributed by atoms with Crippen molar-refractivity contribution in [3.63, 3.8) is 0 Å². The summed E-state index contributed by atoms with van der Waals surface area (Å²) in [6.45, 7) is 7.80. The first kappa shape index (κ1) is 22.0. The number of anilines is 1. The van der Waals surface area contributed by atoms with Gasteiger partial charge in [-0.1, -0.05) is 38.1 Å². The molecule has 2 aromatic rings. The van der Waals surface area contributed by atoms with Crippen LogP contribution in [-0.4, -0.2) is 29.5 Å². The molecule has 28 heavy (non-hydrogen) atoms. The normalized spacial score (nSPS) is 11.4. The highest BCUT2D eigenvalue weighted by molar-refractivity contribution is 7.80. The first-order chi connectivity index (χ1) is 13.3. The SMILES string of the molecule is CCN(CC)Cc1ccc(CNC(=S)Nc2ccc(OC(F)(F)F)cc2)cc1. The minimum Gasteiger partial charge on any atom is -0.406 e. The van der Waals surface area contributed by atoms with E-state index in [0.29, 0.717) is 17.3 Å². The van der Waals surface area contributed by atoms with Crippen molar-refractivity contribution in [1.82, 2.24) is 10.2 Å². The molecule has 0 heterocycles. The fraction of sp³-hybridized carbons (Fsp3) is 0.350. The Bertz CT molecular complexity index is 745. The minimum absolute atomic E-state index is 0.276. The van der Waals surface area contributed by atoms with Crippen LogP contribution in [0.1, 0.15) is 25.0 Å². The van der Waals surface area contributed by atoms with E-state index in [0.717, 1.165) is 25.2 Å². The number of thiocarbonyl (C=S) groups is 1. The topological polar surface area (TPSA) is 36.5 Å². The smallest absolute Gasteiger partial charge is 0.406 e. The Morgan fingerprint density at radius 2 is 1.54 bits per heavy atom. The zero-order chi connectivity index (χ0) is 20.6. The number of alkyl halides is 3. The molecule has 0 aliphatic carbocycles. The molecule has 152 valence electrons. The van der Waals surface area contributed by atoms with Gasteiger partial charge in [0, 0.05) is 18.8 Å². The quantitative estimate of drug-likeness (QED) is 0.604. The summed E-state index contributed by atoms with van der Waals surface area (Å²) in [6.07, 6.45) is -4.70. The molecule has 8 heteroatoms. The summed E-state index contributed by atoms with van der Waals surface area (Å²) in [4.78, 5) is 2.34. The highest BCUT2D eigenvalue weighted by Crippen LogP contribution is 2.23. The monoisotopic (exact) mass is 411 g/mol. The lowest BCUT2D eigenvalue weighted by Crippen LogP contribution is -2.27. The summed E-state index contributed by atoms with van der Waals surface area (Å²) in [5, 5.41) is 6.40. The van der Waals surface area contributed by atoms with E-state index in [1.54, 1.807) is 0 Å². The number of benzene rings is 2. The second kappa shape index (κ2) is 10.3. The molecule has 0 saturated carbocycles. The summed E-state index contributed by atoms with van der Waals surface area (Å²) < 4.78 is 40.3. The van der Waals surface area contributed by atoms with Crippen molar-refractivity contribution < 1.29 is 17.9 Å². The number of halogens is 3. The van der Waals surface area contributed by atoms with Crippen LogP contribution in [0.25, 0.3) is 0 Å². The van der Waals surface area contributed by atoms with Gasteiger partial charge in [-0.2, -0.15) is 0 Å². The van der Waals surface area contributed by atoms with E-state index in [4.69, 9.17) is 12.2 Å². The Kier molecular flexibility index (Phi) is 8.07. The highest BCUT2D eigenvalue weighted by Gasteiger charge is 2.30. The maximum atomic E-state index is 12.2. The highest BCUT2D eigenvalue weighted by atomic mass is 32.1. The number of hydrogen-bond acceptors (Lipinski definition) is 3. The molecule has 0 aliphatic heterocycles. The third kappa shape index (κ3) is 7.74. The number of nitrogens with zero attached hydrogens (tertiary/aromatic N) is 1. The van der Waals surface area contributed by atoms with Gasteiger partial charge in [-0.15, -0.1) is 13.2 Å². The van der Waals surface area contributed by atoms with Gasteiger partial charge in [-0.3, -0.25) is 4.90 Å². The molecule has 0 radical (unpaired) electrons. The van der Waals surface area contributed by atoms with Crippen LogP contribution in [0, 0.1) is 0 Å². The first-order valence-electron chi connectivity index (χ1n) is 9.00. The number of ether oxygens (including phenoxy) is 1. The van der Waals surface area contributed by atoms with Gasteiger partial charge in [0.25, 0.3) is 0 Å². The molecule has 2 N–H and O–H groups in total. The molecular formula is C20H24F3N3OS. The van der Waals surface area contributed by atoms with Gasteiger partial charge < -0.3 is 15.4 Å². The fourth-order valence-electron chi connectivity index (χ4n) is 2.57. The lowest BCUT2D eigenvalue weighted by Gasteiger charge is -2.18. The van der Waals surface area contributed by atoms with Gasteiger partial charge in [0.2, 0.25) is 0 Å². The minimum atomic E-state index is -4.70. The van der Waals surface area contributed by atoms with Crippen molar-refractivity contribution in [3.8, 4) is 5.75 Å². The van der Waals surface area contributed by atoms with Crippen LogP contribution in [-0.2, 0) is 13.1 Å². The summed E-state index contributed by atoms with van der Waals surface area (Å²) >= 11 is 5.23. The fourth-order valence-corrected chi connectivity index (χ4v) is 2.76. The van der Waals surface area contributed by atoms with Crippen molar-refractivity contribution in [2.24, 2.45) is 0 Å². The van der Waals surface area contributed by atoms with Gasteiger partial charge >= 0.3 is 6.36 Å². The third-order valence-corrected chi connectivity index (χ3v) is 4.37. The van der Waals surface area contributed by atoms with Crippen LogP contribution in [0.15, 0.2) is 48.5 Å². The molecule has 0 unspecified atom stereocenters. The summed E-state index contributed by atoms with van der Waals surface area (Å²) in [6, 6.07) is 13.7. The van der Waals surface area contributed by atoms with Crippen LogP contribution in [0.2, 0.25) is 0 Å². The molecule has 0 aliphatic rings. The van der Waals surface area contributed by atoms with Crippen molar-refractivity contribution >= 4 is 23.0 Å². The lowest BCUT2D eigenvalue weighted by atomic mass is 10.1. The van der Waals surface area contributed by atoms with Crippen molar-refractivity contribution in [2.75, 3.05) is 18.4 Å². The largest absolute Gasteiger partial charge is 0.573 e. The van der Waals surface area contributed by atoms with Gasteiger partial charge in [-0.05, 0) is 60.7 Å². The average Bonchev–Trinajstić information content (AvgIpc) is 2.66. The van der Waals surface area contributed by atoms with E-state index in [2.05, 4.69) is 58.4 Å². The summed E-state index contributed by atoms with van der Waals surface area (Å²) in [5.74, 6) is -0.276. The van der Waals surface area contributed by atoms with E-state index < -0.39 is 6.36 Å². The first-order valence-corrected chi connectivity index (χ1v) is 9.40. The molecule has 0 aromatic heterocycles. The maximum Gasteiger partial charge on any atom is 0.573 e. The van der Waals surface area contributed by atoms with E-state index in [9.17, 15) is 13.2 Å². The number of rotatable bonds is 8. The molecule has 0 saturated heterocycles. The Hall–Kier alpha value is -2.32. The van der Waals surface area contributed by atoms with Crippen LogP contribution >= 0.6 is 12.2 Å². The molecule has 2 aromatic carbocycles. The van der Waals surface area contributed by atoms with E-state index >= 15 is 0 Å². The molecule has 0 spiro atoms. The van der Waals surface area contributed by atoms with Crippen LogP contribution in [0.5, 0.6) is 5.75 Å². The zero-order valence-electron chi connectivity index (χ0n) is 15.8. The Morgan fingerprint density at radius 1 is 0.964 bits per heavy atom. The van der Waals surface area contributed by atoms with Crippen LogP contribution in [0.4, 0.5) is 18.9 Å². The molecular weight excluding hydrogens is 387 g/mol. The second-order valence-electron chi connectivity index (χ2n) is 6.16. The number of nitrogens with one attached hydrogen (secondary N) is 2.